The topological polar surface area (TPSA) is 83.1 Å². The summed E-state index contributed by atoms with van der Waals surface area (Å²) in [6, 6.07) is 21.6. The molecule has 302 valence electrons. The molecular formula is C41H27F10NO6. The van der Waals surface area contributed by atoms with E-state index < -0.39 is 71.2 Å². The molecule has 5 aromatic rings. The molecule has 0 aromatic heterocycles. The van der Waals surface area contributed by atoms with Crippen LogP contribution in [-0.2, 0) is 22.9 Å². The minimum Gasteiger partial charge on any atom is -0.481 e. The van der Waals surface area contributed by atoms with Crippen LogP contribution in [-0.4, -0.2) is 38.3 Å². The van der Waals surface area contributed by atoms with Crippen molar-refractivity contribution in [2.24, 2.45) is 0 Å². The van der Waals surface area contributed by atoms with Gasteiger partial charge in [0.2, 0.25) is 0 Å². The number of carbonyl (C=O) groups excluding carboxylic acids is 2. The van der Waals surface area contributed by atoms with Crippen LogP contribution in [0.25, 0.3) is 0 Å². The Balaban J connectivity index is 1.57. The molecule has 7 nitrogen and oxygen atoms in total. The van der Waals surface area contributed by atoms with Crippen molar-refractivity contribution in [1.82, 2.24) is 5.32 Å². The van der Waals surface area contributed by atoms with E-state index in [1.165, 1.54) is 49.6 Å². The molecule has 0 aliphatic carbocycles. The number of hydrogen-bond acceptors (Lipinski definition) is 6. The molecule has 0 heterocycles. The van der Waals surface area contributed by atoms with Gasteiger partial charge < -0.3 is 24.3 Å². The van der Waals surface area contributed by atoms with E-state index in [0.29, 0.717) is 11.6 Å². The van der Waals surface area contributed by atoms with Gasteiger partial charge in [0.1, 0.15) is 29.7 Å². The minimum atomic E-state index is -5.24. The van der Waals surface area contributed by atoms with Crippen LogP contribution in [0.4, 0.5) is 43.9 Å². The predicted octanol–water partition coefficient (Wildman–Crippen LogP) is 9.78. The van der Waals surface area contributed by atoms with Crippen LogP contribution in [0, 0.1) is 17.7 Å². The lowest BCUT2D eigenvalue weighted by atomic mass is 9.77. The van der Waals surface area contributed by atoms with E-state index in [9.17, 15) is 53.5 Å². The third-order valence-electron chi connectivity index (χ3n) is 8.20. The quantitative estimate of drug-likeness (QED) is 0.0813. The summed E-state index contributed by atoms with van der Waals surface area (Å²) in [4.78, 5) is 25.7. The summed E-state index contributed by atoms with van der Waals surface area (Å²) in [5.74, 6) is 0.664. The average Bonchev–Trinajstić information content (AvgIpc) is 3.15. The SMILES string of the molecule is COC(=O)c1cccc(C#CCOc2ccc(CC(NC(=O)c3ccc(F)c(C(F)(F)F)c3)(c3cccc(OC(F)(F)F)c3)c3cccc(OC(F)(F)F)c3)cc2)c1. The van der Waals surface area contributed by atoms with Crippen LogP contribution in [0.5, 0.6) is 17.2 Å². The second-order valence-electron chi connectivity index (χ2n) is 12.2. The largest absolute Gasteiger partial charge is 0.573 e. The number of ether oxygens (including phenoxy) is 4. The Hall–Kier alpha value is -6.70. The van der Waals surface area contributed by atoms with Crippen LogP contribution in [0.2, 0.25) is 0 Å². The summed E-state index contributed by atoms with van der Waals surface area (Å²) in [5, 5.41) is 2.51. The molecule has 5 rings (SSSR count). The van der Waals surface area contributed by atoms with Crippen molar-refractivity contribution in [1.29, 1.82) is 0 Å². The van der Waals surface area contributed by atoms with Crippen molar-refractivity contribution in [2.45, 2.75) is 30.9 Å². The van der Waals surface area contributed by atoms with Crippen molar-refractivity contribution in [3.63, 3.8) is 0 Å². The van der Waals surface area contributed by atoms with E-state index in [-0.39, 0.29) is 40.7 Å². The summed E-state index contributed by atoms with van der Waals surface area (Å²) in [5.41, 5.74) is -4.14. The fraction of sp³-hybridized carbons (Fsp3) is 0.171. The second kappa shape index (κ2) is 17.2. The third kappa shape index (κ3) is 11.2. The van der Waals surface area contributed by atoms with Crippen molar-refractivity contribution in [3.8, 4) is 29.1 Å². The Morgan fingerprint density at radius 2 is 1.24 bits per heavy atom. The molecule has 1 N–H and O–H groups in total. The fourth-order valence-corrected chi connectivity index (χ4v) is 5.74. The van der Waals surface area contributed by atoms with E-state index in [4.69, 9.17) is 9.47 Å². The first-order chi connectivity index (χ1) is 27.2. The summed E-state index contributed by atoms with van der Waals surface area (Å²) < 4.78 is 154. The van der Waals surface area contributed by atoms with Gasteiger partial charge in [-0.2, -0.15) is 13.2 Å². The van der Waals surface area contributed by atoms with Gasteiger partial charge in [0.25, 0.3) is 5.91 Å². The van der Waals surface area contributed by atoms with Crippen LogP contribution >= 0.6 is 0 Å². The first-order valence-corrected chi connectivity index (χ1v) is 16.6. The van der Waals surface area contributed by atoms with Crippen molar-refractivity contribution in [2.75, 3.05) is 13.7 Å². The minimum absolute atomic E-state index is 0.141. The van der Waals surface area contributed by atoms with Crippen molar-refractivity contribution in [3.05, 3.63) is 160 Å². The molecule has 0 radical (unpaired) electrons. The molecule has 0 spiro atoms. The first-order valence-electron chi connectivity index (χ1n) is 16.6. The monoisotopic (exact) mass is 819 g/mol. The summed E-state index contributed by atoms with van der Waals surface area (Å²) in [7, 11) is 1.23. The van der Waals surface area contributed by atoms with Crippen LogP contribution in [0.3, 0.4) is 0 Å². The summed E-state index contributed by atoms with van der Waals surface area (Å²) in [6.07, 6.45) is -16.1. The molecule has 0 saturated heterocycles. The van der Waals surface area contributed by atoms with Gasteiger partial charge in [0.05, 0.1) is 23.8 Å². The molecule has 0 bridgehead atoms. The Morgan fingerprint density at radius 3 is 1.79 bits per heavy atom. The number of carbonyl (C=O) groups is 2. The maximum atomic E-state index is 14.2. The Bertz CT molecular complexity index is 2270. The van der Waals surface area contributed by atoms with E-state index in [1.54, 1.807) is 18.2 Å². The number of rotatable bonds is 11. The van der Waals surface area contributed by atoms with Crippen LogP contribution in [0.1, 0.15) is 48.5 Å². The molecule has 5 aromatic carbocycles. The van der Waals surface area contributed by atoms with E-state index >= 15 is 0 Å². The lowest BCUT2D eigenvalue weighted by molar-refractivity contribution is -0.275. The maximum Gasteiger partial charge on any atom is 0.573 e. The molecule has 1 amide bonds. The van der Waals surface area contributed by atoms with Crippen LogP contribution in [0.15, 0.2) is 115 Å². The Labute approximate surface area is 323 Å². The van der Waals surface area contributed by atoms with Gasteiger partial charge >= 0.3 is 24.9 Å². The van der Waals surface area contributed by atoms with Gasteiger partial charge in [0.15, 0.2) is 0 Å². The number of amides is 1. The van der Waals surface area contributed by atoms with E-state index in [2.05, 4.69) is 26.6 Å². The Kier molecular flexibility index (Phi) is 12.6. The average molecular weight is 820 g/mol. The number of alkyl halides is 9. The standard InChI is InChI=1S/C41H27F10NO6/c1-55-37(54)28-8-2-6-25(20-28)7-5-19-56-31-16-13-26(14-17-31)24-38(29-9-3-11-32(22-29)57-40(46,47)48,30-10-4-12-33(23-30)58-41(49,50)51)52-36(53)27-15-18-35(42)34(21-27)39(43,44)45/h2-4,6,8-18,20-23H,19,24H2,1H3,(H,52,53). The lowest BCUT2D eigenvalue weighted by Gasteiger charge is -2.37. The molecule has 0 unspecified atom stereocenters. The highest BCUT2D eigenvalue weighted by molar-refractivity contribution is 5.95. The highest BCUT2D eigenvalue weighted by Crippen LogP contribution is 2.39. The number of esters is 1. The highest BCUT2D eigenvalue weighted by Gasteiger charge is 2.41. The molecule has 0 fully saturated rings. The van der Waals surface area contributed by atoms with Gasteiger partial charge in [-0.25, -0.2) is 9.18 Å². The number of benzene rings is 5. The zero-order valence-electron chi connectivity index (χ0n) is 29.6. The van der Waals surface area contributed by atoms with Crippen LogP contribution < -0.4 is 19.5 Å². The predicted molar refractivity (Wildman–Crippen MR) is 186 cm³/mol. The molecular weight excluding hydrogens is 792 g/mol. The van der Waals surface area contributed by atoms with Gasteiger partial charge in [0, 0.05) is 17.5 Å². The fourth-order valence-electron chi connectivity index (χ4n) is 5.74. The normalized spacial score (nSPS) is 11.8. The smallest absolute Gasteiger partial charge is 0.481 e. The van der Waals surface area contributed by atoms with E-state index in [0.717, 1.165) is 42.5 Å². The number of nitrogens with one attached hydrogen (secondary N) is 1. The summed E-state index contributed by atoms with van der Waals surface area (Å²) >= 11 is 0. The molecule has 58 heavy (non-hydrogen) atoms. The molecule has 0 aliphatic rings. The zero-order chi connectivity index (χ0) is 42.3. The third-order valence-corrected chi connectivity index (χ3v) is 8.20. The molecule has 0 saturated carbocycles. The van der Waals surface area contributed by atoms with Gasteiger partial charge in [-0.3, -0.25) is 4.79 Å². The van der Waals surface area contributed by atoms with Crippen molar-refractivity contribution < 1.29 is 72.4 Å². The first kappa shape index (κ1) is 42.4. The lowest BCUT2D eigenvalue weighted by Crippen LogP contribution is -2.48. The maximum absolute atomic E-state index is 14.2. The summed E-state index contributed by atoms with van der Waals surface area (Å²) in [6.45, 7) is -0.141. The molecule has 0 aliphatic heterocycles. The van der Waals surface area contributed by atoms with E-state index in [1.807, 2.05) is 0 Å². The number of methoxy groups -OCH3 is 1. The zero-order valence-corrected chi connectivity index (χ0v) is 29.6. The van der Waals surface area contributed by atoms with Gasteiger partial charge in [-0.15, -0.1) is 26.3 Å². The molecule has 17 heteroatoms. The van der Waals surface area contributed by atoms with Gasteiger partial charge in [-0.1, -0.05) is 54.3 Å². The molecule has 0 atom stereocenters. The Morgan fingerprint density at radius 1 is 0.655 bits per heavy atom. The second-order valence-corrected chi connectivity index (χ2v) is 12.2. The number of halogens is 10. The highest BCUT2D eigenvalue weighted by atomic mass is 19.4. The van der Waals surface area contributed by atoms with Crippen molar-refractivity contribution >= 4 is 11.9 Å². The number of hydrogen-bond donors (Lipinski definition) is 1. The van der Waals surface area contributed by atoms with Gasteiger partial charge in [-0.05, 0) is 89.5 Å².